The summed E-state index contributed by atoms with van der Waals surface area (Å²) in [5.74, 6) is -0.420. The Morgan fingerprint density at radius 2 is 2.00 bits per heavy atom. The summed E-state index contributed by atoms with van der Waals surface area (Å²) in [5.41, 5.74) is 0.0994. The van der Waals surface area contributed by atoms with Crippen LogP contribution in [0.4, 0.5) is 5.69 Å². The third kappa shape index (κ3) is 3.87. The maximum Gasteiger partial charge on any atom is 0.246 e. The zero-order valence-corrected chi connectivity index (χ0v) is 11.4. The molecule has 1 atom stereocenters. The average Bonchev–Trinajstić information content (AvgIpc) is 2.62. The number of aryl methyl sites for hydroxylation is 1. The highest BCUT2D eigenvalue weighted by Crippen LogP contribution is 2.13. The molecule has 2 amide bonds. The molecular formula is C12H20N4O2. The van der Waals surface area contributed by atoms with E-state index in [0.29, 0.717) is 5.69 Å². The summed E-state index contributed by atoms with van der Waals surface area (Å²) < 4.78 is 1.59. The first-order chi connectivity index (χ1) is 8.20. The third-order valence-electron chi connectivity index (χ3n) is 2.39. The van der Waals surface area contributed by atoms with Crippen LogP contribution < -0.4 is 10.6 Å². The van der Waals surface area contributed by atoms with Gasteiger partial charge in [-0.25, -0.2) is 0 Å². The van der Waals surface area contributed by atoms with Gasteiger partial charge in [-0.15, -0.1) is 0 Å². The normalized spacial score (nSPS) is 12.9. The van der Waals surface area contributed by atoms with Gasteiger partial charge in [0.2, 0.25) is 11.8 Å². The number of rotatable bonds is 3. The van der Waals surface area contributed by atoms with E-state index in [0.717, 1.165) is 0 Å². The van der Waals surface area contributed by atoms with Crippen LogP contribution in [0.15, 0.2) is 12.4 Å². The highest BCUT2D eigenvalue weighted by Gasteiger charge is 2.25. The van der Waals surface area contributed by atoms with Gasteiger partial charge in [0.25, 0.3) is 0 Å². The summed E-state index contributed by atoms with van der Waals surface area (Å²) in [6.45, 7) is 7.05. The fourth-order valence-corrected chi connectivity index (χ4v) is 1.21. The number of carbonyl (C=O) groups excluding carboxylic acids is 2. The van der Waals surface area contributed by atoms with Crippen LogP contribution in [0.1, 0.15) is 27.7 Å². The van der Waals surface area contributed by atoms with Crippen LogP contribution in [0.2, 0.25) is 0 Å². The molecule has 100 valence electrons. The van der Waals surface area contributed by atoms with Crippen LogP contribution in [0.25, 0.3) is 0 Å². The number of aromatic nitrogens is 2. The van der Waals surface area contributed by atoms with Gasteiger partial charge in [-0.2, -0.15) is 5.10 Å². The minimum absolute atomic E-state index is 0.156. The average molecular weight is 252 g/mol. The first-order valence-corrected chi connectivity index (χ1v) is 5.80. The molecule has 0 unspecified atom stereocenters. The lowest BCUT2D eigenvalue weighted by Gasteiger charge is -2.21. The Hall–Kier alpha value is -1.85. The summed E-state index contributed by atoms with van der Waals surface area (Å²) in [4.78, 5) is 23.5. The second-order valence-electron chi connectivity index (χ2n) is 5.34. The number of nitrogens with one attached hydrogen (secondary N) is 2. The molecule has 1 aromatic heterocycles. The Morgan fingerprint density at radius 3 is 2.44 bits per heavy atom. The van der Waals surface area contributed by atoms with Crippen molar-refractivity contribution in [2.75, 3.05) is 5.32 Å². The summed E-state index contributed by atoms with van der Waals surface area (Å²) in [5, 5.41) is 9.29. The highest BCUT2D eigenvalue weighted by molar-refractivity contribution is 5.97. The lowest BCUT2D eigenvalue weighted by atomic mass is 9.95. The Labute approximate surface area is 107 Å². The van der Waals surface area contributed by atoms with E-state index >= 15 is 0 Å². The van der Waals surface area contributed by atoms with Gasteiger partial charge in [-0.05, 0) is 6.92 Å². The van der Waals surface area contributed by atoms with E-state index in [1.807, 2.05) is 0 Å². The summed E-state index contributed by atoms with van der Waals surface area (Å²) in [7, 11) is 1.76. The number of carbonyl (C=O) groups is 2. The zero-order chi connectivity index (χ0) is 13.9. The lowest BCUT2D eigenvalue weighted by Crippen LogP contribution is -2.46. The Bertz CT molecular complexity index is 445. The molecule has 0 radical (unpaired) electrons. The topological polar surface area (TPSA) is 76.0 Å². The fourth-order valence-electron chi connectivity index (χ4n) is 1.21. The van der Waals surface area contributed by atoms with Gasteiger partial charge in [0.05, 0.1) is 11.9 Å². The first-order valence-electron chi connectivity index (χ1n) is 5.80. The van der Waals surface area contributed by atoms with Crippen molar-refractivity contribution in [3.05, 3.63) is 12.4 Å². The molecule has 0 bridgehead atoms. The van der Waals surface area contributed by atoms with Crippen molar-refractivity contribution in [2.45, 2.75) is 33.7 Å². The molecule has 6 heteroatoms. The second-order valence-corrected chi connectivity index (χ2v) is 5.34. The van der Waals surface area contributed by atoms with Gasteiger partial charge in [-0.3, -0.25) is 14.3 Å². The number of hydrogen-bond donors (Lipinski definition) is 2. The van der Waals surface area contributed by atoms with E-state index < -0.39 is 11.5 Å². The van der Waals surface area contributed by atoms with Crippen LogP contribution in [0.3, 0.4) is 0 Å². The van der Waals surface area contributed by atoms with Crippen molar-refractivity contribution in [1.29, 1.82) is 0 Å². The van der Waals surface area contributed by atoms with Crippen LogP contribution in [-0.4, -0.2) is 27.6 Å². The van der Waals surface area contributed by atoms with Crippen molar-refractivity contribution in [3.8, 4) is 0 Å². The summed E-state index contributed by atoms with van der Waals surface area (Å²) in [6, 6.07) is -0.586. The van der Waals surface area contributed by atoms with E-state index in [1.54, 1.807) is 51.8 Å². The minimum atomic E-state index is -0.586. The molecule has 0 aliphatic carbocycles. The highest BCUT2D eigenvalue weighted by atomic mass is 16.2. The van der Waals surface area contributed by atoms with E-state index in [9.17, 15) is 9.59 Å². The van der Waals surface area contributed by atoms with E-state index in [1.165, 1.54) is 0 Å². The van der Waals surface area contributed by atoms with Gasteiger partial charge in [0.15, 0.2) is 0 Å². The smallest absolute Gasteiger partial charge is 0.246 e. The molecular weight excluding hydrogens is 232 g/mol. The van der Waals surface area contributed by atoms with Gasteiger partial charge in [0, 0.05) is 18.7 Å². The molecule has 0 fully saturated rings. The summed E-state index contributed by atoms with van der Waals surface area (Å²) >= 11 is 0. The molecule has 0 spiro atoms. The first kappa shape index (κ1) is 14.2. The molecule has 0 saturated heterocycles. The lowest BCUT2D eigenvalue weighted by molar-refractivity contribution is -0.131. The standard InChI is InChI=1S/C12H20N4O2/c1-8(14-11(18)12(2,3)4)10(17)15-9-6-13-16(5)7-9/h6-8H,1-5H3,(H,14,18)(H,15,17)/t8-/m0/s1. The molecule has 18 heavy (non-hydrogen) atoms. The van der Waals surface area contributed by atoms with Crippen molar-refractivity contribution < 1.29 is 9.59 Å². The number of anilines is 1. The monoisotopic (exact) mass is 252 g/mol. The number of nitrogens with zero attached hydrogens (tertiary/aromatic N) is 2. The SMILES string of the molecule is C[C@H](NC(=O)C(C)(C)C)C(=O)Nc1cnn(C)c1. The molecule has 1 rings (SSSR count). The number of amides is 2. The molecule has 1 aromatic rings. The van der Waals surface area contributed by atoms with E-state index in [-0.39, 0.29) is 11.8 Å². The van der Waals surface area contributed by atoms with Gasteiger partial charge < -0.3 is 10.6 Å². The van der Waals surface area contributed by atoms with E-state index in [4.69, 9.17) is 0 Å². The van der Waals surface area contributed by atoms with Gasteiger partial charge in [0.1, 0.15) is 6.04 Å². The predicted molar refractivity (Wildman–Crippen MR) is 68.9 cm³/mol. The quantitative estimate of drug-likeness (QED) is 0.839. The van der Waals surface area contributed by atoms with Crippen LogP contribution in [0.5, 0.6) is 0 Å². The Balaban J connectivity index is 2.54. The third-order valence-corrected chi connectivity index (χ3v) is 2.39. The van der Waals surface area contributed by atoms with Crippen LogP contribution in [-0.2, 0) is 16.6 Å². The molecule has 0 aliphatic rings. The molecule has 0 aromatic carbocycles. The van der Waals surface area contributed by atoms with Crippen LogP contribution >= 0.6 is 0 Å². The van der Waals surface area contributed by atoms with Gasteiger partial charge >= 0.3 is 0 Å². The van der Waals surface area contributed by atoms with Gasteiger partial charge in [-0.1, -0.05) is 20.8 Å². The summed E-state index contributed by atoms with van der Waals surface area (Å²) in [6.07, 6.45) is 3.24. The second kappa shape index (κ2) is 5.20. The molecule has 6 nitrogen and oxygen atoms in total. The fraction of sp³-hybridized carbons (Fsp3) is 0.583. The number of hydrogen-bond acceptors (Lipinski definition) is 3. The molecule has 1 heterocycles. The van der Waals surface area contributed by atoms with E-state index in [2.05, 4.69) is 15.7 Å². The Kier molecular flexibility index (Phi) is 4.11. The zero-order valence-electron chi connectivity index (χ0n) is 11.4. The predicted octanol–water partition coefficient (Wildman–Crippen LogP) is 0.909. The van der Waals surface area contributed by atoms with Crippen molar-refractivity contribution in [3.63, 3.8) is 0 Å². The Morgan fingerprint density at radius 1 is 1.39 bits per heavy atom. The maximum absolute atomic E-state index is 11.8. The van der Waals surface area contributed by atoms with Crippen molar-refractivity contribution in [1.82, 2.24) is 15.1 Å². The molecule has 0 saturated carbocycles. The van der Waals surface area contributed by atoms with Crippen molar-refractivity contribution in [2.24, 2.45) is 12.5 Å². The van der Waals surface area contributed by atoms with Crippen molar-refractivity contribution >= 4 is 17.5 Å². The maximum atomic E-state index is 11.8. The molecule has 0 aliphatic heterocycles. The van der Waals surface area contributed by atoms with Crippen LogP contribution in [0, 0.1) is 5.41 Å². The largest absolute Gasteiger partial charge is 0.344 e. The minimum Gasteiger partial charge on any atom is -0.344 e. The molecule has 2 N–H and O–H groups in total.